The zero-order valence-corrected chi connectivity index (χ0v) is 19.9. The number of alkyl halides is 3. The van der Waals surface area contributed by atoms with Crippen LogP contribution in [0.3, 0.4) is 0 Å². The Morgan fingerprint density at radius 1 is 0.944 bits per heavy atom. The molecule has 2 aromatic heterocycles. The van der Waals surface area contributed by atoms with Gasteiger partial charge in [0.2, 0.25) is 0 Å². The van der Waals surface area contributed by atoms with E-state index in [1.165, 1.54) is 12.1 Å². The Balaban J connectivity index is 1.70. The van der Waals surface area contributed by atoms with Gasteiger partial charge in [-0.2, -0.15) is 13.2 Å². The molecule has 1 aromatic carbocycles. The molecule has 0 amide bonds. The maximum Gasteiger partial charge on any atom is 0.416 e. The molecular formula is C26H27F3N4O3. The summed E-state index contributed by atoms with van der Waals surface area (Å²) in [6.45, 7) is 4.15. The molecule has 0 aliphatic rings. The van der Waals surface area contributed by atoms with Crippen molar-refractivity contribution in [3.8, 4) is 11.4 Å². The monoisotopic (exact) mass is 500 g/mol. The first-order valence-electron chi connectivity index (χ1n) is 11.5. The number of carbonyl (C=O) groups is 2. The van der Waals surface area contributed by atoms with E-state index in [9.17, 15) is 22.8 Å². The van der Waals surface area contributed by atoms with Gasteiger partial charge in [0.25, 0.3) is 0 Å². The summed E-state index contributed by atoms with van der Waals surface area (Å²) in [5, 5.41) is 12.1. The predicted molar refractivity (Wildman–Crippen MR) is 128 cm³/mol. The van der Waals surface area contributed by atoms with Crippen LogP contribution >= 0.6 is 0 Å². The Hall–Kier alpha value is -3.82. The topological polar surface area (TPSA) is 105 Å². The number of Topliss-reactive ketones (excluding diaryl/α,β-unsaturated/α-hetero) is 1. The average Bonchev–Trinajstić information content (AvgIpc) is 2.83. The van der Waals surface area contributed by atoms with Crippen molar-refractivity contribution in [2.24, 2.45) is 5.92 Å². The summed E-state index contributed by atoms with van der Waals surface area (Å²) in [4.78, 5) is 35.7. The molecule has 3 rings (SSSR count). The van der Waals surface area contributed by atoms with Gasteiger partial charge in [-0.25, -0.2) is 9.97 Å². The minimum atomic E-state index is -4.40. The van der Waals surface area contributed by atoms with Gasteiger partial charge in [-0.05, 0) is 42.5 Å². The van der Waals surface area contributed by atoms with Crippen LogP contribution < -0.4 is 5.32 Å². The number of aromatic nitrogens is 3. The highest BCUT2D eigenvalue weighted by molar-refractivity contribution is 5.94. The molecule has 2 heterocycles. The van der Waals surface area contributed by atoms with E-state index in [2.05, 4.69) is 34.1 Å². The lowest BCUT2D eigenvalue weighted by Crippen LogP contribution is -2.15. The second-order valence-electron chi connectivity index (χ2n) is 8.84. The SMILES string of the molecule is CC(C)CC(Nc1cnc(-c2ccc(C(F)(F)F)cc2)nc1)c1ccc(C(=O)CCCC(=O)O)nc1. The molecule has 0 saturated carbocycles. The van der Waals surface area contributed by atoms with Crippen molar-refractivity contribution < 1.29 is 27.9 Å². The van der Waals surface area contributed by atoms with Crippen LogP contribution in [-0.2, 0) is 11.0 Å². The Morgan fingerprint density at radius 3 is 2.14 bits per heavy atom. The van der Waals surface area contributed by atoms with Crippen LogP contribution in [0.1, 0.15) is 67.2 Å². The Morgan fingerprint density at radius 2 is 1.61 bits per heavy atom. The third-order valence-electron chi connectivity index (χ3n) is 5.44. The van der Waals surface area contributed by atoms with Crippen LogP contribution in [0.5, 0.6) is 0 Å². The van der Waals surface area contributed by atoms with Crippen molar-refractivity contribution in [1.82, 2.24) is 15.0 Å². The van der Waals surface area contributed by atoms with E-state index < -0.39 is 17.7 Å². The van der Waals surface area contributed by atoms with Gasteiger partial charge in [0.1, 0.15) is 5.69 Å². The smallest absolute Gasteiger partial charge is 0.416 e. The second kappa shape index (κ2) is 11.7. The summed E-state index contributed by atoms with van der Waals surface area (Å²) in [7, 11) is 0. The lowest BCUT2D eigenvalue weighted by molar-refractivity contribution is -0.138. The molecule has 0 spiro atoms. The number of hydrogen-bond donors (Lipinski definition) is 2. The Kier molecular flexibility index (Phi) is 8.73. The maximum absolute atomic E-state index is 12.8. The summed E-state index contributed by atoms with van der Waals surface area (Å²) in [5.41, 5.74) is 1.52. The van der Waals surface area contributed by atoms with Crippen molar-refractivity contribution in [3.05, 3.63) is 71.8 Å². The first kappa shape index (κ1) is 26.8. The Labute approximate surface area is 206 Å². The summed E-state index contributed by atoms with van der Waals surface area (Å²) >= 11 is 0. The van der Waals surface area contributed by atoms with E-state index in [1.54, 1.807) is 24.7 Å². The number of ketones is 1. The van der Waals surface area contributed by atoms with Crippen LogP contribution in [-0.4, -0.2) is 31.8 Å². The normalized spacial score (nSPS) is 12.4. The Bertz CT molecular complexity index is 1160. The van der Waals surface area contributed by atoms with E-state index in [-0.39, 0.29) is 36.8 Å². The number of pyridine rings is 1. The first-order valence-corrected chi connectivity index (χ1v) is 11.5. The molecule has 0 aliphatic heterocycles. The molecule has 0 fully saturated rings. The van der Waals surface area contributed by atoms with Crippen molar-refractivity contribution in [1.29, 1.82) is 0 Å². The lowest BCUT2D eigenvalue weighted by Gasteiger charge is -2.22. The first-order chi connectivity index (χ1) is 17.0. The van der Waals surface area contributed by atoms with Gasteiger partial charge in [-0.15, -0.1) is 0 Å². The highest BCUT2D eigenvalue weighted by Crippen LogP contribution is 2.31. The minimum absolute atomic E-state index is 0.0655. The lowest BCUT2D eigenvalue weighted by atomic mass is 9.97. The zero-order chi connectivity index (χ0) is 26.3. The average molecular weight is 501 g/mol. The number of carboxylic acid groups (broad SMARTS) is 1. The fourth-order valence-corrected chi connectivity index (χ4v) is 3.62. The number of benzene rings is 1. The number of nitrogens with one attached hydrogen (secondary N) is 1. The third-order valence-corrected chi connectivity index (χ3v) is 5.44. The van der Waals surface area contributed by atoms with Gasteiger partial charge < -0.3 is 10.4 Å². The van der Waals surface area contributed by atoms with Crippen molar-refractivity contribution in [2.45, 2.75) is 51.7 Å². The van der Waals surface area contributed by atoms with Crippen molar-refractivity contribution >= 4 is 17.4 Å². The molecular weight excluding hydrogens is 473 g/mol. The van der Waals surface area contributed by atoms with E-state index in [1.807, 2.05) is 6.07 Å². The molecule has 0 saturated heterocycles. The molecule has 0 aliphatic carbocycles. The summed E-state index contributed by atoms with van der Waals surface area (Å²) < 4.78 is 38.4. The summed E-state index contributed by atoms with van der Waals surface area (Å²) in [5.74, 6) is -0.497. The molecule has 1 unspecified atom stereocenters. The number of carboxylic acids is 1. The summed E-state index contributed by atoms with van der Waals surface area (Å²) in [6, 6.07) is 7.97. The molecule has 7 nitrogen and oxygen atoms in total. The van der Waals surface area contributed by atoms with Gasteiger partial charge in [-0.3, -0.25) is 14.6 Å². The number of anilines is 1. The van der Waals surface area contributed by atoms with Gasteiger partial charge in [0.15, 0.2) is 11.6 Å². The van der Waals surface area contributed by atoms with Crippen LogP contribution in [0.2, 0.25) is 0 Å². The van der Waals surface area contributed by atoms with E-state index in [0.717, 1.165) is 24.1 Å². The molecule has 1 atom stereocenters. The number of rotatable bonds is 11. The molecule has 0 radical (unpaired) electrons. The van der Waals surface area contributed by atoms with Gasteiger partial charge in [0.05, 0.1) is 29.7 Å². The second-order valence-corrected chi connectivity index (χ2v) is 8.84. The third kappa shape index (κ3) is 7.59. The fraction of sp³-hybridized carbons (Fsp3) is 0.346. The van der Waals surface area contributed by atoms with Crippen molar-refractivity contribution in [3.63, 3.8) is 0 Å². The minimum Gasteiger partial charge on any atom is -0.481 e. The van der Waals surface area contributed by atoms with Crippen LogP contribution in [0, 0.1) is 5.92 Å². The molecule has 2 N–H and O–H groups in total. The number of nitrogens with zero attached hydrogens (tertiary/aromatic N) is 3. The van der Waals surface area contributed by atoms with E-state index in [4.69, 9.17) is 5.11 Å². The number of carbonyl (C=O) groups excluding carboxylic acids is 1. The largest absolute Gasteiger partial charge is 0.481 e. The number of aliphatic carboxylic acids is 1. The standard InChI is InChI=1S/C26H27F3N4O3/c1-16(2)12-22(18-8-11-21(30-13-18)23(34)4-3-5-24(35)36)33-20-14-31-25(32-15-20)17-6-9-19(10-7-17)26(27,28)29/h6-11,13-16,22,33H,3-5,12H2,1-2H3,(H,35,36). The van der Waals surface area contributed by atoms with Crippen molar-refractivity contribution in [2.75, 3.05) is 5.32 Å². The highest BCUT2D eigenvalue weighted by atomic mass is 19.4. The molecule has 3 aromatic rings. The van der Waals surface area contributed by atoms with E-state index >= 15 is 0 Å². The van der Waals surface area contributed by atoms with E-state index in [0.29, 0.717) is 23.0 Å². The summed E-state index contributed by atoms with van der Waals surface area (Å²) in [6.07, 6.45) is 1.44. The number of hydrogen-bond acceptors (Lipinski definition) is 6. The molecule has 10 heteroatoms. The molecule has 190 valence electrons. The zero-order valence-electron chi connectivity index (χ0n) is 19.9. The van der Waals surface area contributed by atoms with Crippen LogP contribution in [0.4, 0.5) is 18.9 Å². The molecule has 0 bridgehead atoms. The van der Waals surface area contributed by atoms with Gasteiger partial charge in [-0.1, -0.05) is 32.0 Å². The predicted octanol–water partition coefficient (Wildman–Crippen LogP) is 6.19. The fourth-order valence-electron chi connectivity index (χ4n) is 3.62. The van der Waals surface area contributed by atoms with Crippen LogP contribution in [0.25, 0.3) is 11.4 Å². The van der Waals surface area contributed by atoms with Crippen LogP contribution in [0.15, 0.2) is 55.0 Å². The number of halogens is 3. The highest BCUT2D eigenvalue weighted by Gasteiger charge is 2.30. The maximum atomic E-state index is 12.8. The molecule has 36 heavy (non-hydrogen) atoms. The quantitative estimate of drug-likeness (QED) is 0.302. The van der Waals surface area contributed by atoms with Gasteiger partial charge in [0, 0.05) is 24.6 Å². The van der Waals surface area contributed by atoms with Gasteiger partial charge >= 0.3 is 12.1 Å².